The summed E-state index contributed by atoms with van der Waals surface area (Å²) >= 11 is 0. The van der Waals surface area contributed by atoms with Crippen LogP contribution < -0.4 is 0 Å². The highest BCUT2D eigenvalue weighted by atomic mass is 19.4. The standard InChI is InChI=1S/C24H39F3N2O2/c1-14(2)19-9-8-16(5)10-21(19)31-22(13-24(25,26)27)20(15(3)4)12-23(30)29-18(7)11-17(6)28-29/h11,14-16,19-22H,8-10,12-13H2,1-7H3/t16-,19+,20+,21+,22-/m0/s1. The molecule has 2 rings (SSSR count). The van der Waals surface area contributed by atoms with Gasteiger partial charge >= 0.3 is 6.18 Å². The van der Waals surface area contributed by atoms with Crippen molar-refractivity contribution in [2.75, 3.05) is 0 Å². The summed E-state index contributed by atoms with van der Waals surface area (Å²) in [5.74, 6) is 0.0667. The van der Waals surface area contributed by atoms with Crippen LogP contribution in [-0.4, -0.2) is 34.1 Å². The first kappa shape index (κ1) is 25.9. The molecule has 31 heavy (non-hydrogen) atoms. The van der Waals surface area contributed by atoms with Crippen molar-refractivity contribution in [3.05, 3.63) is 17.5 Å². The Bertz CT molecular complexity index is 727. The quantitative estimate of drug-likeness (QED) is 0.454. The summed E-state index contributed by atoms with van der Waals surface area (Å²) in [6.07, 6.45) is -3.83. The second-order valence-corrected chi connectivity index (χ2v) is 10.2. The van der Waals surface area contributed by atoms with Crippen molar-refractivity contribution in [1.82, 2.24) is 9.78 Å². The normalized spacial score (nSPS) is 24.6. The molecule has 1 aromatic rings. The number of rotatable bonds is 8. The molecule has 1 aliphatic carbocycles. The van der Waals surface area contributed by atoms with Crippen molar-refractivity contribution in [3.8, 4) is 0 Å². The number of nitrogens with zero attached hydrogens (tertiary/aromatic N) is 2. The van der Waals surface area contributed by atoms with E-state index in [4.69, 9.17) is 4.74 Å². The Morgan fingerprint density at radius 1 is 1.23 bits per heavy atom. The topological polar surface area (TPSA) is 44.1 Å². The molecule has 5 atom stereocenters. The van der Waals surface area contributed by atoms with Crippen molar-refractivity contribution in [2.45, 2.75) is 99.0 Å². The van der Waals surface area contributed by atoms with Crippen LogP contribution >= 0.6 is 0 Å². The summed E-state index contributed by atoms with van der Waals surface area (Å²) in [6, 6.07) is 1.79. The van der Waals surface area contributed by atoms with Crippen molar-refractivity contribution in [3.63, 3.8) is 0 Å². The molecule has 4 nitrogen and oxygen atoms in total. The van der Waals surface area contributed by atoms with Gasteiger partial charge in [-0.15, -0.1) is 0 Å². The molecule has 0 unspecified atom stereocenters. The number of hydrogen-bond donors (Lipinski definition) is 0. The van der Waals surface area contributed by atoms with E-state index in [0.29, 0.717) is 23.2 Å². The highest BCUT2D eigenvalue weighted by molar-refractivity contribution is 5.79. The van der Waals surface area contributed by atoms with Gasteiger partial charge < -0.3 is 4.74 Å². The SMILES string of the molecule is Cc1cc(C)n(C(=O)C[C@H](C(C)C)[C@H](CC(F)(F)F)O[C@@H]2C[C@@H](C)CC[C@@H]2C(C)C)n1. The minimum Gasteiger partial charge on any atom is -0.374 e. The maximum Gasteiger partial charge on any atom is 0.391 e. The monoisotopic (exact) mass is 444 g/mol. The van der Waals surface area contributed by atoms with Gasteiger partial charge in [0.15, 0.2) is 0 Å². The predicted molar refractivity (Wildman–Crippen MR) is 116 cm³/mol. The molecular formula is C24H39F3N2O2. The van der Waals surface area contributed by atoms with E-state index in [2.05, 4.69) is 25.9 Å². The number of halogens is 3. The number of carbonyl (C=O) groups excluding carboxylic acids is 1. The molecule has 0 N–H and O–H groups in total. The first-order chi connectivity index (χ1) is 14.3. The van der Waals surface area contributed by atoms with E-state index in [1.165, 1.54) is 4.68 Å². The number of aromatic nitrogens is 2. The largest absolute Gasteiger partial charge is 0.391 e. The van der Waals surface area contributed by atoms with Crippen LogP contribution in [0.15, 0.2) is 6.07 Å². The van der Waals surface area contributed by atoms with Crippen LogP contribution in [-0.2, 0) is 4.74 Å². The molecule has 0 saturated heterocycles. The van der Waals surface area contributed by atoms with Crippen LogP contribution in [0.2, 0.25) is 0 Å². The molecular weight excluding hydrogens is 405 g/mol. The molecule has 1 heterocycles. The molecule has 1 fully saturated rings. The molecule has 0 aromatic carbocycles. The van der Waals surface area contributed by atoms with Crippen LogP contribution in [0, 0.1) is 43.4 Å². The Morgan fingerprint density at radius 3 is 2.35 bits per heavy atom. The van der Waals surface area contributed by atoms with Crippen molar-refractivity contribution in [1.29, 1.82) is 0 Å². The van der Waals surface area contributed by atoms with Crippen molar-refractivity contribution < 1.29 is 22.7 Å². The van der Waals surface area contributed by atoms with E-state index in [1.54, 1.807) is 19.9 Å². The summed E-state index contributed by atoms with van der Waals surface area (Å²) in [5.41, 5.74) is 1.41. The van der Waals surface area contributed by atoms with Gasteiger partial charge in [0.1, 0.15) is 0 Å². The number of alkyl halides is 3. The van der Waals surface area contributed by atoms with Gasteiger partial charge in [0.25, 0.3) is 0 Å². The minimum atomic E-state index is -4.35. The molecule has 178 valence electrons. The van der Waals surface area contributed by atoms with E-state index in [1.807, 2.05) is 13.8 Å². The van der Waals surface area contributed by atoms with Crippen molar-refractivity contribution >= 4 is 5.91 Å². The van der Waals surface area contributed by atoms with Gasteiger partial charge in [-0.1, -0.05) is 41.0 Å². The molecule has 0 aliphatic heterocycles. The molecule has 0 bridgehead atoms. The molecule has 1 saturated carbocycles. The second kappa shape index (κ2) is 10.5. The average molecular weight is 445 g/mol. The van der Waals surface area contributed by atoms with Gasteiger partial charge in [0, 0.05) is 12.1 Å². The summed E-state index contributed by atoms with van der Waals surface area (Å²) in [4.78, 5) is 12.9. The summed E-state index contributed by atoms with van der Waals surface area (Å²) in [6.45, 7) is 13.7. The Labute approximate surface area is 184 Å². The smallest absolute Gasteiger partial charge is 0.374 e. The lowest BCUT2D eigenvalue weighted by atomic mass is 9.75. The predicted octanol–water partition coefficient (Wildman–Crippen LogP) is 6.60. The molecule has 0 amide bonds. The van der Waals surface area contributed by atoms with Crippen LogP contribution in [0.5, 0.6) is 0 Å². The Hall–Kier alpha value is -1.37. The first-order valence-corrected chi connectivity index (χ1v) is 11.6. The number of aryl methyl sites for hydroxylation is 2. The van der Waals surface area contributed by atoms with E-state index in [-0.39, 0.29) is 30.3 Å². The third-order valence-corrected chi connectivity index (χ3v) is 6.73. The third kappa shape index (κ3) is 7.33. The maximum atomic E-state index is 13.6. The fraction of sp³-hybridized carbons (Fsp3) is 0.833. The second-order valence-electron chi connectivity index (χ2n) is 10.2. The molecule has 7 heteroatoms. The molecule has 1 aromatic heterocycles. The average Bonchev–Trinajstić information content (AvgIpc) is 2.95. The summed E-state index contributed by atoms with van der Waals surface area (Å²) in [7, 11) is 0. The van der Waals surface area contributed by atoms with Crippen LogP contribution in [0.3, 0.4) is 0 Å². The highest BCUT2D eigenvalue weighted by Crippen LogP contribution is 2.39. The van der Waals surface area contributed by atoms with Gasteiger partial charge in [-0.05, 0) is 62.3 Å². The van der Waals surface area contributed by atoms with Gasteiger partial charge in [-0.2, -0.15) is 18.3 Å². The van der Waals surface area contributed by atoms with E-state index >= 15 is 0 Å². The highest BCUT2D eigenvalue weighted by Gasteiger charge is 2.42. The van der Waals surface area contributed by atoms with Crippen molar-refractivity contribution in [2.24, 2.45) is 29.6 Å². The zero-order valence-corrected chi connectivity index (χ0v) is 20.0. The molecule has 1 aliphatic rings. The summed E-state index contributed by atoms with van der Waals surface area (Å²) < 4.78 is 48.3. The van der Waals surface area contributed by atoms with Gasteiger partial charge in [-0.3, -0.25) is 4.79 Å². The van der Waals surface area contributed by atoms with E-state index < -0.39 is 24.6 Å². The Morgan fingerprint density at radius 2 is 1.87 bits per heavy atom. The van der Waals surface area contributed by atoms with Gasteiger partial charge in [0.2, 0.25) is 5.91 Å². The zero-order chi connectivity index (χ0) is 23.5. The number of hydrogen-bond acceptors (Lipinski definition) is 3. The fourth-order valence-electron chi connectivity index (χ4n) is 4.99. The molecule has 0 spiro atoms. The Balaban J connectivity index is 2.29. The molecule has 0 radical (unpaired) electrons. The first-order valence-electron chi connectivity index (χ1n) is 11.6. The lowest BCUT2D eigenvalue weighted by molar-refractivity contribution is -0.190. The van der Waals surface area contributed by atoms with E-state index in [9.17, 15) is 18.0 Å². The van der Waals surface area contributed by atoms with E-state index in [0.717, 1.165) is 19.3 Å². The fourth-order valence-corrected chi connectivity index (χ4v) is 4.99. The van der Waals surface area contributed by atoms with Gasteiger partial charge in [0.05, 0.1) is 24.3 Å². The lowest BCUT2D eigenvalue weighted by Crippen LogP contribution is -2.42. The maximum absolute atomic E-state index is 13.6. The zero-order valence-electron chi connectivity index (χ0n) is 20.0. The van der Waals surface area contributed by atoms with Crippen LogP contribution in [0.1, 0.15) is 82.9 Å². The summed E-state index contributed by atoms with van der Waals surface area (Å²) in [5, 5.41) is 4.22. The van der Waals surface area contributed by atoms with Crippen LogP contribution in [0.25, 0.3) is 0 Å². The third-order valence-electron chi connectivity index (χ3n) is 6.73. The number of carbonyl (C=O) groups is 1. The number of ether oxygens (including phenoxy) is 1. The lowest BCUT2D eigenvalue weighted by Gasteiger charge is -2.41. The van der Waals surface area contributed by atoms with Crippen LogP contribution in [0.4, 0.5) is 13.2 Å². The Kier molecular flexibility index (Phi) is 8.77. The van der Waals surface area contributed by atoms with Gasteiger partial charge in [-0.25, -0.2) is 4.68 Å². The minimum absolute atomic E-state index is 0.0189.